The molecule has 0 atom stereocenters. The lowest BCUT2D eigenvalue weighted by molar-refractivity contribution is 0.0773. The number of halogens is 1. The fourth-order valence-corrected chi connectivity index (χ4v) is 2.31. The Morgan fingerprint density at radius 3 is 2.70 bits per heavy atom. The molecule has 23 heavy (non-hydrogen) atoms. The summed E-state index contributed by atoms with van der Waals surface area (Å²) in [6.45, 7) is 1.06. The molecule has 1 aliphatic rings. The van der Waals surface area contributed by atoms with Gasteiger partial charge >= 0.3 is 0 Å². The molecule has 0 aromatic heterocycles. The largest absolute Gasteiger partial charge is 0.492 e. The van der Waals surface area contributed by atoms with Crippen molar-refractivity contribution in [2.24, 2.45) is 0 Å². The second-order valence-corrected chi connectivity index (χ2v) is 5.53. The summed E-state index contributed by atoms with van der Waals surface area (Å²) < 4.78 is 16.1. The molecule has 0 spiro atoms. The number of likely N-dealkylation sites (N-methyl/N-ethyl adjacent to an activating group) is 1. The number of carbonyl (C=O) groups excluding carboxylic acids is 1. The number of rotatable bonds is 5. The molecule has 2 aromatic rings. The van der Waals surface area contributed by atoms with Crippen molar-refractivity contribution in [3.63, 3.8) is 0 Å². The molecule has 1 heterocycles. The van der Waals surface area contributed by atoms with Crippen LogP contribution in [0.25, 0.3) is 0 Å². The van der Waals surface area contributed by atoms with Gasteiger partial charge in [0.15, 0.2) is 11.5 Å². The van der Waals surface area contributed by atoms with Crippen LogP contribution >= 0.6 is 11.6 Å². The van der Waals surface area contributed by atoms with Crippen molar-refractivity contribution in [1.29, 1.82) is 0 Å². The lowest BCUT2D eigenvalue weighted by Gasteiger charge is -2.17. The van der Waals surface area contributed by atoms with E-state index in [1.807, 2.05) is 0 Å². The van der Waals surface area contributed by atoms with Gasteiger partial charge in [0.1, 0.15) is 12.4 Å². The maximum Gasteiger partial charge on any atom is 0.253 e. The first-order valence-corrected chi connectivity index (χ1v) is 7.55. The van der Waals surface area contributed by atoms with Gasteiger partial charge in [-0.2, -0.15) is 0 Å². The molecule has 0 radical (unpaired) electrons. The van der Waals surface area contributed by atoms with Gasteiger partial charge in [0.05, 0.1) is 6.54 Å². The first kappa shape index (κ1) is 15.5. The molecular formula is C17H16ClNO4. The van der Waals surface area contributed by atoms with E-state index in [0.717, 1.165) is 5.75 Å². The Balaban J connectivity index is 1.54. The standard InChI is InChI=1S/C17H16ClNO4/c1-19(8-9-21-14-5-3-13(18)4-6-14)17(20)12-2-7-15-16(10-12)23-11-22-15/h2-7,10H,8-9,11H2,1H3. The van der Waals surface area contributed by atoms with Crippen LogP contribution in [-0.4, -0.2) is 37.8 Å². The molecule has 1 aliphatic heterocycles. The Morgan fingerprint density at radius 1 is 1.17 bits per heavy atom. The third kappa shape index (κ3) is 3.68. The van der Waals surface area contributed by atoms with E-state index in [1.54, 1.807) is 54.4 Å². The van der Waals surface area contributed by atoms with Crippen molar-refractivity contribution >= 4 is 17.5 Å². The zero-order valence-corrected chi connectivity index (χ0v) is 13.4. The van der Waals surface area contributed by atoms with Crippen molar-refractivity contribution in [3.05, 3.63) is 53.1 Å². The number of benzene rings is 2. The quantitative estimate of drug-likeness (QED) is 0.843. The zero-order chi connectivity index (χ0) is 16.2. The molecule has 5 nitrogen and oxygen atoms in total. The average molecular weight is 334 g/mol. The molecule has 0 aliphatic carbocycles. The summed E-state index contributed by atoms with van der Waals surface area (Å²) in [6.07, 6.45) is 0. The highest BCUT2D eigenvalue weighted by Crippen LogP contribution is 2.32. The fourth-order valence-electron chi connectivity index (χ4n) is 2.18. The van der Waals surface area contributed by atoms with E-state index >= 15 is 0 Å². The van der Waals surface area contributed by atoms with Gasteiger partial charge in [-0.05, 0) is 42.5 Å². The third-order valence-electron chi connectivity index (χ3n) is 3.48. The second-order valence-electron chi connectivity index (χ2n) is 5.10. The van der Waals surface area contributed by atoms with E-state index in [1.165, 1.54) is 0 Å². The van der Waals surface area contributed by atoms with Crippen LogP contribution in [0.5, 0.6) is 17.2 Å². The van der Waals surface area contributed by atoms with Gasteiger partial charge in [0, 0.05) is 17.6 Å². The van der Waals surface area contributed by atoms with E-state index in [0.29, 0.717) is 35.2 Å². The second kappa shape index (κ2) is 6.79. The lowest BCUT2D eigenvalue weighted by Crippen LogP contribution is -2.30. The van der Waals surface area contributed by atoms with Crippen LogP contribution in [0.15, 0.2) is 42.5 Å². The topological polar surface area (TPSA) is 48.0 Å². The van der Waals surface area contributed by atoms with Gasteiger partial charge < -0.3 is 19.1 Å². The van der Waals surface area contributed by atoms with E-state index in [4.69, 9.17) is 25.8 Å². The monoisotopic (exact) mass is 333 g/mol. The molecule has 120 valence electrons. The van der Waals surface area contributed by atoms with E-state index in [9.17, 15) is 4.79 Å². The fraction of sp³-hybridized carbons (Fsp3) is 0.235. The van der Waals surface area contributed by atoms with E-state index in [2.05, 4.69) is 0 Å². The highest BCUT2D eigenvalue weighted by atomic mass is 35.5. The summed E-state index contributed by atoms with van der Waals surface area (Å²) in [7, 11) is 1.73. The molecule has 6 heteroatoms. The highest BCUT2D eigenvalue weighted by Gasteiger charge is 2.18. The number of hydrogen-bond donors (Lipinski definition) is 0. The Kier molecular flexibility index (Phi) is 4.57. The molecule has 2 aromatic carbocycles. The third-order valence-corrected chi connectivity index (χ3v) is 3.73. The van der Waals surface area contributed by atoms with Crippen LogP contribution in [0, 0.1) is 0 Å². The van der Waals surface area contributed by atoms with Gasteiger partial charge in [-0.3, -0.25) is 4.79 Å². The number of fused-ring (bicyclic) bond motifs is 1. The maximum atomic E-state index is 12.4. The smallest absolute Gasteiger partial charge is 0.253 e. The number of nitrogens with zero attached hydrogens (tertiary/aromatic N) is 1. The van der Waals surface area contributed by atoms with Crippen molar-refractivity contribution in [2.75, 3.05) is 27.0 Å². The summed E-state index contributed by atoms with van der Waals surface area (Å²) >= 11 is 5.82. The summed E-state index contributed by atoms with van der Waals surface area (Å²) in [6, 6.07) is 12.3. The minimum atomic E-state index is -0.0944. The molecular weight excluding hydrogens is 318 g/mol. The van der Waals surface area contributed by atoms with Crippen LogP contribution in [-0.2, 0) is 0 Å². The summed E-state index contributed by atoms with van der Waals surface area (Å²) in [5, 5.41) is 0.660. The average Bonchev–Trinajstić information content (AvgIpc) is 3.03. The maximum absolute atomic E-state index is 12.4. The van der Waals surface area contributed by atoms with Crippen LogP contribution in [0.3, 0.4) is 0 Å². The van der Waals surface area contributed by atoms with E-state index < -0.39 is 0 Å². The lowest BCUT2D eigenvalue weighted by atomic mass is 10.2. The van der Waals surface area contributed by atoms with Crippen molar-refractivity contribution in [3.8, 4) is 17.2 Å². The molecule has 3 rings (SSSR count). The first-order valence-electron chi connectivity index (χ1n) is 7.17. The highest BCUT2D eigenvalue weighted by molar-refractivity contribution is 6.30. The predicted octanol–water partition coefficient (Wildman–Crippen LogP) is 3.22. The molecule has 0 saturated carbocycles. The van der Waals surface area contributed by atoms with Crippen molar-refractivity contribution in [2.45, 2.75) is 0 Å². The van der Waals surface area contributed by atoms with Gasteiger partial charge in [-0.1, -0.05) is 11.6 Å². The minimum Gasteiger partial charge on any atom is -0.492 e. The van der Waals surface area contributed by atoms with Crippen LogP contribution in [0.2, 0.25) is 5.02 Å². The number of amides is 1. The SMILES string of the molecule is CN(CCOc1ccc(Cl)cc1)C(=O)c1ccc2c(c1)OCO2. The van der Waals surface area contributed by atoms with Gasteiger partial charge in [0.25, 0.3) is 5.91 Å². The van der Waals surface area contributed by atoms with Crippen molar-refractivity contribution in [1.82, 2.24) is 4.90 Å². The Hall–Kier alpha value is -2.40. The molecule has 1 amide bonds. The first-order chi connectivity index (χ1) is 11.1. The molecule has 0 bridgehead atoms. The van der Waals surface area contributed by atoms with E-state index in [-0.39, 0.29) is 12.7 Å². The Bertz CT molecular complexity index is 702. The number of hydrogen-bond acceptors (Lipinski definition) is 4. The van der Waals surface area contributed by atoms with Gasteiger partial charge in [-0.15, -0.1) is 0 Å². The number of ether oxygens (including phenoxy) is 3. The van der Waals surface area contributed by atoms with Gasteiger partial charge in [-0.25, -0.2) is 0 Å². The Morgan fingerprint density at radius 2 is 1.91 bits per heavy atom. The van der Waals surface area contributed by atoms with Crippen molar-refractivity contribution < 1.29 is 19.0 Å². The molecule has 0 fully saturated rings. The summed E-state index contributed by atoms with van der Waals surface area (Å²) in [5.74, 6) is 1.89. The number of carbonyl (C=O) groups is 1. The normalized spacial score (nSPS) is 12.1. The van der Waals surface area contributed by atoms with Gasteiger partial charge in [0.2, 0.25) is 6.79 Å². The predicted molar refractivity (Wildman–Crippen MR) is 86.5 cm³/mol. The Labute approximate surface area is 139 Å². The molecule has 0 unspecified atom stereocenters. The molecule has 0 N–H and O–H groups in total. The molecule has 0 saturated heterocycles. The summed E-state index contributed by atoms with van der Waals surface area (Å²) in [5.41, 5.74) is 0.559. The summed E-state index contributed by atoms with van der Waals surface area (Å²) in [4.78, 5) is 14.0. The zero-order valence-electron chi connectivity index (χ0n) is 12.6. The minimum absolute atomic E-state index is 0.0944. The van der Waals surface area contributed by atoms with Crippen LogP contribution in [0.4, 0.5) is 0 Å². The van der Waals surface area contributed by atoms with Crippen LogP contribution in [0.1, 0.15) is 10.4 Å². The van der Waals surface area contributed by atoms with Crippen LogP contribution < -0.4 is 14.2 Å².